The van der Waals surface area contributed by atoms with Crippen molar-refractivity contribution in [2.24, 2.45) is 0 Å². The zero-order valence-electron chi connectivity index (χ0n) is 8.04. The number of aromatic nitrogens is 1. The highest BCUT2D eigenvalue weighted by Crippen LogP contribution is 2.32. The number of halogens is 1. The van der Waals surface area contributed by atoms with Gasteiger partial charge in [0.25, 0.3) is 0 Å². The van der Waals surface area contributed by atoms with Crippen molar-refractivity contribution in [3.8, 4) is 0 Å². The van der Waals surface area contributed by atoms with Crippen molar-refractivity contribution >= 4 is 26.7 Å². The predicted molar refractivity (Wildman–Crippen MR) is 58.1 cm³/mol. The van der Waals surface area contributed by atoms with Gasteiger partial charge >= 0.3 is 0 Å². The first-order chi connectivity index (χ1) is 6.59. The van der Waals surface area contributed by atoms with E-state index in [4.69, 9.17) is 5.73 Å². The maximum absolute atomic E-state index is 13.4. The Labute approximate surface area is 85.6 Å². The van der Waals surface area contributed by atoms with Gasteiger partial charge in [0.2, 0.25) is 0 Å². The summed E-state index contributed by atoms with van der Waals surface area (Å²) in [4.78, 5) is 4.15. The molecule has 0 unspecified atom stereocenters. The number of thiazole rings is 1. The summed E-state index contributed by atoms with van der Waals surface area (Å²) in [5, 5.41) is 0.423. The van der Waals surface area contributed by atoms with E-state index in [9.17, 15) is 4.39 Å². The lowest BCUT2D eigenvalue weighted by Gasteiger charge is -2.05. The molecule has 2 rings (SSSR count). The first-order valence-electron chi connectivity index (χ1n) is 4.44. The number of nitrogens with two attached hydrogens (primary N) is 1. The van der Waals surface area contributed by atoms with Gasteiger partial charge in [-0.3, -0.25) is 0 Å². The topological polar surface area (TPSA) is 38.9 Å². The van der Waals surface area contributed by atoms with E-state index in [0.29, 0.717) is 21.3 Å². The van der Waals surface area contributed by atoms with Crippen molar-refractivity contribution in [1.29, 1.82) is 0 Å². The van der Waals surface area contributed by atoms with E-state index in [0.717, 1.165) is 5.56 Å². The molecule has 0 bridgehead atoms. The summed E-state index contributed by atoms with van der Waals surface area (Å²) in [6.07, 6.45) is 0. The van der Waals surface area contributed by atoms with Crippen molar-refractivity contribution in [3.63, 3.8) is 0 Å². The zero-order valence-corrected chi connectivity index (χ0v) is 8.86. The van der Waals surface area contributed by atoms with Crippen molar-refractivity contribution in [1.82, 2.24) is 4.98 Å². The molecule has 0 aliphatic carbocycles. The molecule has 0 saturated heterocycles. The number of rotatable bonds is 1. The van der Waals surface area contributed by atoms with Crippen LogP contribution in [0.2, 0.25) is 0 Å². The minimum Gasteiger partial charge on any atom is -0.375 e. The summed E-state index contributed by atoms with van der Waals surface area (Å²) < 4.78 is 13.9. The molecule has 0 spiro atoms. The summed E-state index contributed by atoms with van der Waals surface area (Å²) >= 11 is 1.20. The van der Waals surface area contributed by atoms with Crippen LogP contribution in [0.1, 0.15) is 25.3 Å². The first-order valence-corrected chi connectivity index (χ1v) is 5.25. The molecule has 2 aromatic rings. The van der Waals surface area contributed by atoms with E-state index in [1.54, 1.807) is 6.07 Å². The third kappa shape index (κ3) is 1.35. The highest BCUT2D eigenvalue weighted by atomic mass is 32.1. The molecule has 0 aliphatic heterocycles. The van der Waals surface area contributed by atoms with Gasteiger partial charge in [-0.25, -0.2) is 9.37 Å². The Morgan fingerprint density at radius 2 is 2.14 bits per heavy atom. The van der Waals surface area contributed by atoms with Crippen LogP contribution in [0.15, 0.2) is 12.1 Å². The monoisotopic (exact) mass is 210 g/mol. The molecule has 74 valence electrons. The SMILES string of the molecule is CC(C)c1ccc(F)c2sc(N)nc12. The number of nitrogens with zero attached hydrogens (tertiary/aromatic N) is 1. The Kier molecular flexibility index (Phi) is 2.15. The zero-order chi connectivity index (χ0) is 10.3. The number of fused-ring (bicyclic) bond motifs is 1. The summed E-state index contributed by atoms with van der Waals surface area (Å²) in [6, 6.07) is 3.26. The van der Waals surface area contributed by atoms with Crippen molar-refractivity contribution in [2.75, 3.05) is 5.73 Å². The number of nitrogen functional groups attached to an aromatic ring is 1. The second kappa shape index (κ2) is 3.20. The van der Waals surface area contributed by atoms with Gasteiger partial charge in [-0.15, -0.1) is 0 Å². The van der Waals surface area contributed by atoms with E-state index in [-0.39, 0.29) is 5.82 Å². The maximum atomic E-state index is 13.4. The number of benzene rings is 1. The van der Waals surface area contributed by atoms with Crippen LogP contribution in [0.4, 0.5) is 9.52 Å². The quantitative estimate of drug-likeness (QED) is 0.785. The molecule has 0 atom stereocenters. The number of hydrogen-bond acceptors (Lipinski definition) is 3. The van der Waals surface area contributed by atoms with Crippen LogP contribution in [0.25, 0.3) is 10.2 Å². The lowest BCUT2D eigenvalue weighted by molar-refractivity contribution is 0.640. The fraction of sp³-hybridized carbons (Fsp3) is 0.300. The lowest BCUT2D eigenvalue weighted by Crippen LogP contribution is -1.90. The van der Waals surface area contributed by atoms with E-state index in [1.807, 2.05) is 0 Å². The Bertz CT molecular complexity index is 476. The summed E-state index contributed by atoms with van der Waals surface area (Å²) in [5.41, 5.74) is 7.33. The van der Waals surface area contributed by atoms with Crippen LogP contribution in [0.3, 0.4) is 0 Å². The second-order valence-electron chi connectivity index (χ2n) is 3.52. The minimum atomic E-state index is -0.237. The Morgan fingerprint density at radius 3 is 2.79 bits per heavy atom. The van der Waals surface area contributed by atoms with E-state index < -0.39 is 0 Å². The summed E-state index contributed by atoms with van der Waals surface area (Å²) in [7, 11) is 0. The van der Waals surface area contributed by atoms with Gasteiger partial charge in [0.15, 0.2) is 5.13 Å². The smallest absolute Gasteiger partial charge is 0.181 e. The molecular weight excluding hydrogens is 199 g/mol. The molecule has 14 heavy (non-hydrogen) atoms. The summed E-state index contributed by atoms with van der Waals surface area (Å²) in [6.45, 7) is 4.12. The van der Waals surface area contributed by atoms with Crippen molar-refractivity contribution in [2.45, 2.75) is 19.8 Å². The molecule has 1 heterocycles. The lowest BCUT2D eigenvalue weighted by atomic mass is 10.0. The van der Waals surface area contributed by atoms with Gasteiger partial charge in [0, 0.05) is 0 Å². The van der Waals surface area contributed by atoms with Gasteiger partial charge in [0.1, 0.15) is 5.82 Å². The summed E-state index contributed by atoms with van der Waals surface area (Å²) in [5.74, 6) is 0.0956. The van der Waals surface area contributed by atoms with E-state index in [2.05, 4.69) is 18.8 Å². The molecule has 0 saturated carbocycles. The third-order valence-electron chi connectivity index (χ3n) is 2.17. The second-order valence-corrected chi connectivity index (χ2v) is 4.55. The van der Waals surface area contributed by atoms with Gasteiger partial charge < -0.3 is 5.73 Å². The van der Waals surface area contributed by atoms with Gasteiger partial charge in [-0.05, 0) is 17.5 Å². The van der Waals surface area contributed by atoms with Crippen LogP contribution in [-0.4, -0.2) is 4.98 Å². The Hall–Kier alpha value is -1.16. The molecule has 2 N–H and O–H groups in total. The molecule has 0 aliphatic rings. The fourth-order valence-electron chi connectivity index (χ4n) is 1.48. The van der Waals surface area contributed by atoms with Crippen molar-refractivity contribution in [3.05, 3.63) is 23.5 Å². The third-order valence-corrected chi connectivity index (χ3v) is 3.06. The number of anilines is 1. The molecule has 2 nitrogen and oxygen atoms in total. The van der Waals surface area contributed by atoms with Crippen molar-refractivity contribution < 1.29 is 4.39 Å². The predicted octanol–water partition coefficient (Wildman–Crippen LogP) is 3.14. The highest BCUT2D eigenvalue weighted by Gasteiger charge is 2.12. The normalized spacial score (nSPS) is 11.4. The minimum absolute atomic E-state index is 0.237. The van der Waals surface area contributed by atoms with Crippen LogP contribution in [-0.2, 0) is 0 Å². The van der Waals surface area contributed by atoms with Gasteiger partial charge in [-0.2, -0.15) is 0 Å². The van der Waals surface area contributed by atoms with E-state index >= 15 is 0 Å². The molecule has 1 aromatic carbocycles. The highest BCUT2D eigenvalue weighted by molar-refractivity contribution is 7.22. The molecule has 0 fully saturated rings. The molecule has 0 amide bonds. The van der Waals surface area contributed by atoms with Gasteiger partial charge in [0.05, 0.1) is 10.2 Å². The Morgan fingerprint density at radius 1 is 1.43 bits per heavy atom. The molecule has 0 radical (unpaired) electrons. The number of hydrogen-bond donors (Lipinski definition) is 1. The van der Waals surface area contributed by atoms with Gasteiger partial charge in [-0.1, -0.05) is 31.3 Å². The standard InChI is InChI=1S/C10H11FN2S/c1-5(2)6-3-4-7(11)9-8(6)13-10(12)14-9/h3-5H,1-2H3,(H2,12,13). The average Bonchev–Trinajstić information content (AvgIpc) is 2.47. The van der Waals surface area contributed by atoms with Crippen LogP contribution < -0.4 is 5.73 Å². The maximum Gasteiger partial charge on any atom is 0.181 e. The fourth-order valence-corrected chi connectivity index (χ4v) is 2.25. The molecular formula is C10H11FN2S. The van der Waals surface area contributed by atoms with E-state index in [1.165, 1.54) is 17.4 Å². The molecule has 1 aromatic heterocycles. The van der Waals surface area contributed by atoms with Crippen LogP contribution in [0, 0.1) is 5.82 Å². The average molecular weight is 210 g/mol. The van der Waals surface area contributed by atoms with Crippen LogP contribution in [0.5, 0.6) is 0 Å². The largest absolute Gasteiger partial charge is 0.375 e. The molecule has 4 heteroatoms. The first kappa shape index (κ1) is 9.40. The Balaban J connectivity index is 2.81. The van der Waals surface area contributed by atoms with Crippen LogP contribution >= 0.6 is 11.3 Å².